The summed E-state index contributed by atoms with van der Waals surface area (Å²) in [5.74, 6) is -2.49. The predicted octanol–water partition coefficient (Wildman–Crippen LogP) is 2.98. The molecule has 8 heteroatoms. The van der Waals surface area contributed by atoms with Crippen LogP contribution >= 0.6 is 11.8 Å². The predicted molar refractivity (Wildman–Crippen MR) is 98.3 cm³/mol. The number of nitrogens with zero attached hydrogens (tertiary/aromatic N) is 1. The minimum atomic E-state index is -1.01. The zero-order valence-electron chi connectivity index (χ0n) is 14.2. The Kier molecular flexibility index (Phi) is 5.57. The number of imide groups is 1. The van der Waals surface area contributed by atoms with Gasteiger partial charge in [-0.1, -0.05) is 12.1 Å². The van der Waals surface area contributed by atoms with Crippen LogP contribution in [-0.2, 0) is 9.59 Å². The number of amides is 2. The highest BCUT2D eigenvalue weighted by Crippen LogP contribution is 2.39. The number of rotatable bonds is 6. The minimum absolute atomic E-state index is 0.0999. The molecule has 0 aliphatic carbocycles. The molecule has 0 bridgehead atoms. The fraction of sp³-hybridized carbons (Fsp3) is 0.158. The molecule has 0 saturated heterocycles. The molecule has 0 unspecified atom stereocenters. The molecule has 1 aliphatic rings. The average Bonchev–Trinajstić information content (AvgIpc) is 2.90. The van der Waals surface area contributed by atoms with Crippen molar-refractivity contribution < 1.29 is 28.2 Å². The van der Waals surface area contributed by atoms with Gasteiger partial charge in [0.2, 0.25) is 0 Å². The summed E-state index contributed by atoms with van der Waals surface area (Å²) in [6.07, 6.45) is 0. The molecule has 0 spiro atoms. The lowest BCUT2D eigenvalue weighted by molar-refractivity contribution is -0.119. The molecule has 2 aromatic carbocycles. The normalized spacial score (nSPS) is 14.3. The maximum atomic E-state index is 14.2. The summed E-state index contributed by atoms with van der Waals surface area (Å²) in [5, 5.41) is 9.09. The second-order valence-electron chi connectivity index (χ2n) is 5.55. The van der Waals surface area contributed by atoms with Crippen molar-refractivity contribution in [1.82, 2.24) is 0 Å². The van der Waals surface area contributed by atoms with E-state index in [9.17, 15) is 18.4 Å². The summed E-state index contributed by atoms with van der Waals surface area (Å²) in [4.78, 5) is 26.6. The molecule has 3 rings (SSSR count). The van der Waals surface area contributed by atoms with Crippen molar-refractivity contribution in [2.75, 3.05) is 24.4 Å². The Labute approximate surface area is 158 Å². The number of thioether (sulfide) groups is 1. The van der Waals surface area contributed by atoms with Gasteiger partial charge in [0.25, 0.3) is 11.8 Å². The van der Waals surface area contributed by atoms with E-state index in [0.717, 1.165) is 23.9 Å². The van der Waals surface area contributed by atoms with Crippen LogP contribution in [0.25, 0.3) is 5.57 Å². The van der Waals surface area contributed by atoms with Gasteiger partial charge >= 0.3 is 0 Å². The number of anilines is 1. The number of aliphatic hydroxyl groups excluding tert-OH is 1. The molecule has 27 heavy (non-hydrogen) atoms. The molecule has 5 nitrogen and oxygen atoms in total. The van der Waals surface area contributed by atoms with Gasteiger partial charge in [-0.2, -0.15) is 0 Å². The molecule has 0 saturated carbocycles. The molecule has 1 N–H and O–H groups in total. The van der Waals surface area contributed by atoms with E-state index >= 15 is 0 Å². The fourth-order valence-electron chi connectivity index (χ4n) is 2.68. The average molecular weight is 391 g/mol. The van der Waals surface area contributed by atoms with Crippen molar-refractivity contribution in [3.8, 4) is 5.75 Å². The Morgan fingerprint density at radius 2 is 1.78 bits per heavy atom. The Morgan fingerprint density at radius 3 is 2.37 bits per heavy atom. The zero-order valence-corrected chi connectivity index (χ0v) is 15.1. The van der Waals surface area contributed by atoms with Crippen LogP contribution in [0.15, 0.2) is 47.4 Å². The SMILES string of the molecule is COc1ccc(C2=C(SCCO)C(=O)N(c3ccc(F)cc3F)C2=O)cc1. The Morgan fingerprint density at radius 1 is 1.07 bits per heavy atom. The number of benzene rings is 2. The molecule has 0 fully saturated rings. The molecular weight excluding hydrogens is 376 g/mol. The van der Waals surface area contributed by atoms with E-state index in [1.165, 1.54) is 7.11 Å². The van der Waals surface area contributed by atoms with Crippen LogP contribution in [0.5, 0.6) is 5.75 Å². The van der Waals surface area contributed by atoms with Gasteiger partial charge < -0.3 is 9.84 Å². The lowest BCUT2D eigenvalue weighted by Gasteiger charge is -2.16. The molecule has 2 aromatic rings. The quantitative estimate of drug-likeness (QED) is 0.767. The highest BCUT2D eigenvalue weighted by molar-refractivity contribution is 8.04. The molecular formula is C19H15F2NO4S. The molecule has 0 aromatic heterocycles. The molecule has 140 valence electrons. The lowest BCUT2D eigenvalue weighted by atomic mass is 10.1. The number of methoxy groups -OCH3 is 1. The summed E-state index contributed by atoms with van der Waals surface area (Å²) < 4.78 is 32.5. The van der Waals surface area contributed by atoms with E-state index in [1.54, 1.807) is 24.3 Å². The molecule has 1 heterocycles. The molecule has 0 atom stereocenters. The van der Waals surface area contributed by atoms with Crippen LogP contribution in [0.2, 0.25) is 0 Å². The maximum absolute atomic E-state index is 14.2. The number of hydrogen-bond acceptors (Lipinski definition) is 5. The van der Waals surface area contributed by atoms with Crippen molar-refractivity contribution in [2.24, 2.45) is 0 Å². The first kappa shape index (κ1) is 19.1. The molecule has 1 aliphatic heterocycles. The van der Waals surface area contributed by atoms with E-state index in [-0.39, 0.29) is 28.5 Å². The van der Waals surface area contributed by atoms with E-state index in [4.69, 9.17) is 9.84 Å². The topological polar surface area (TPSA) is 66.8 Å². The first-order valence-corrected chi connectivity index (χ1v) is 8.92. The zero-order chi connectivity index (χ0) is 19.6. The summed E-state index contributed by atoms with van der Waals surface area (Å²) in [7, 11) is 1.50. The van der Waals surface area contributed by atoms with Gasteiger partial charge in [0.05, 0.1) is 29.9 Å². The largest absolute Gasteiger partial charge is 0.497 e. The first-order valence-electron chi connectivity index (χ1n) is 7.94. The number of halogens is 2. The highest BCUT2D eigenvalue weighted by Gasteiger charge is 2.41. The van der Waals surface area contributed by atoms with Crippen LogP contribution in [0.3, 0.4) is 0 Å². The second kappa shape index (κ2) is 7.89. The van der Waals surface area contributed by atoms with Crippen LogP contribution < -0.4 is 9.64 Å². The van der Waals surface area contributed by atoms with E-state index in [2.05, 4.69) is 0 Å². The number of aliphatic hydroxyl groups is 1. The van der Waals surface area contributed by atoms with Gasteiger partial charge in [0.1, 0.15) is 17.4 Å². The monoisotopic (exact) mass is 391 g/mol. The summed E-state index contributed by atoms with van der Waals surface area (Å²) >= 11 is 1.01. The van der Waals surface area contributed by atoms with Crippen LogP contribution in [0, 0.1) is 11.6 Å². The van der Waals surface area contributed by atoms with Crippen molar-refractivity contribution in [2.45, 2.75) is 0 Å². The van der Waals surface area contributed by atoms with Gasteiger partial charge in [0.15, 0.2) is 0 Å². The van der Waals surface area contributed by atoms with Crippen molar-refractivity contribution in [1.29, 1.82) is 0 Å². The van der Waals surface area contributed by atoms with Crippen LogP contribution in [0.4, 0.5) is 14.5 Å². The fourth-order valence-corrected chi connectivity index (χ4v) is 3.54. The Bertz CT molecular complexity index is 928. The number of ether oxygens (including phenoxy) is 1. The summed E-state index contributed by atoms with van der Waals surface area (Å²) in [5.41, 5.74) is 0.237. The smallest absolute Gasteiger partial charge is 0.272 e. The van der Waals surface area contributed by atoms with Gasteiger partial charge in [-0.15, -0.1) is 11.8 Å². The second-order valence-corrected chi connectivity index (χ2v) is 6.65. The van der Waals surface area contributed by atoms with Crippen molar-refractivity contribution in [3.05, 3.63) is 64.6 Å². The third-order valence-electron chi connectivity index (χ3n) is 3.91. The third-order valence-corrected chi connectivity index (χ3v) is 4.96. The van der Waals surface area contributed by atoms with Crippen LogP contribution in [-0.4, -0.2) is 36.4 Å². The highest BCUT2D eigenvalue weighted by atomic mass is 32.2. The maximum Gasteiger partial charge on any atom is 0.272 e. The molecule has 2 amide bonds. The van der Waals surface area contributed by atoms with Gasteiger partial charge in [0, 0.05) is 11.8 Å². The summed E-state index contributed by atoms with van der Waals surface area (Å²) in [6.45, 7) is -0.198. The van der Waals surface area contributed by atoms with Crippen molar-refractivity contribution in [3.63, 3.8) is 0 Å². The van der Waals surface area contributed by atoms with E-state index < -0.39 is 23.4 Å². The number of hydrogen-bond donors (Lipinski definition) is 1. The number of carbonyl (C=O) groups is 2. The Hall–Kier alpha value is -2.71. The van der Waals surface area contributed by atoms with Gasteiger partial charge in [-0.3, -0.25) is 9.59 Å². The van der Waals surface area contributed by atoms with Crippen molar-refractivity contribution >= 4 is 34.8 Å². The molecule has 0 radical (unpaired) electrons. The lowest BCUT2D eigenvalue weighted by Crippen LogP contribution is -2.32. The van der Waals surface area contributed by atoms with E-state index in [0.29, 0.717) is 22.3 Å². The van der Waals surface area contributed by atoms with E-state index in [1.807, 2.05) is 0 Å². The van der Waals surface area contributed by atoms with Gasteiger partial charge in [-0.05, 0) is 29.8 Å². The van der Waals surface area contributed by atoms with Gasteiger partial charge in [-0.25, -0.2) is 13.7 Å². The minimum Gasteiger partial charge on any atom is -0.497 e. The number of carbonyl (C=O) groups excluding carboxylic acids is 2. The Balaban J connectivity index is 2.07. The summed E-state index contributed by atoms with van der Waals surface area (Å²) in [6, 6.07) is 9.14. The van der Waals surface area contributed by atoms with Crippen LogP contribution in [0.1, 0.15) is 5.56 Å². The standard InChI is InChI=1S/C19H15F2NO4S/c1-26-13-5-2-11(3-6-13)16-17(27-9-8-23)19(25)22(18(16)24)15-7-4-12(20)10-14(15)21/h2-7,10,23H,8-9H2,1H3. The third kappa shape index (κ3) is 3.58. The first-order chi connectivity index (χ1) is 13.0.